The highest BCUT2D eigenvalue weighted by atomic mass is 35.5. The van der Waals surface area contributed by atoms with Crippen molar-refractivity contribution in [3.63, 3.8) is 0 Å². The number of carbonyl (C=O) groups is 3. The Labute approximate surface area is 147 Å². The maximum atomic E-state index is 11.9. The Bertz CT molecular complexity index is 719. The van der Waals surface area contributed by atoms with E-state index < -0.39 is 18.0 Å². The third kappa shape index (κ3) is 5.32. The van der Waals surface area contributed by atoms with Crippen molar-refractivity contribution in [1.29, 1.82) is 0 Å². The molecule has 0 bridgehead atoms. The van der Waals surface area contributed by atoms with Crippen LogP contribution in [0.4, 0.5) is 5.82 Å². The predicted molar refractivity (Wildman–Crippen MR) is 90.1 cm³/mol. The van der Waals surface area contributed by atoms with E-state index in [1.54, 1.807) is 23.6 Å². The standard InChI is InChI=1S/C15H14ClN3O4S/c1-9(14(21)19-12-5-4-10(16)7-17-12)23-13(20)8-18-15(22)11-3-2-6-24-11/h2-7,9H,8H2,1H3,(H,18,22)(H,17,19,21). The van der Waals surface area contributed by atoms with Crippen molar-refractivity contribution in [1.82, 2.24) is 10.3 Å². The molecule has 126 valence electrons. The molecule has 0 aliphatic carbocycles. The first-order chi connectivity index (χ1) is 11.5. The summed E-state index contributed by atoms with van der Waals surface area (Å²) in [6.45, 7) is 1.10. The number of rotatable bonds is 6. The number of nitrogens with one attached hydrogen (secondary N) is 2. The minimum atomic E-state index is -1.03. The van der Waals surface area contributed by atoms with Crippen molar-refractivity contribution in [3.8, 4) is 0 Å². The van der Waals surface area contributed by atoms with Gasteiger partial charge in [0.1, 0.15) is 12.4 Å². The lowest BCUT2D eigenvalue weighted by atomic mass is 10.3. The van der Waals surface area contributed by atoms with Crippen LogP contribution in [0.1, 0.15) is 16.6 Å². The molecule has 0 aromatic carbocycles. The molecule has 0 radical (unpaired) electrons. The lowest BCUT2D eigenvalue weighted by Crippen LogP contribution is -2.35. The molecule has 1 unspecified atom stereocenters. The normalized spacial score (nSPS) is 11.4. The maximum Gasteiger partial charge on any atom is 0.326 e. The van der Waals surface area contributed by atoms with E-state index in [9.17, 15) is 14.4 Å². The van der Waals surface area contributed by atoms with E-state index in [4.69, 9.17) is 16.3 Å². The van der Waals surface area contributed by atoms with Crippen molar-refractivity contribution in [2.24, 2.45) is 0 Å². The van der Waals surface area contributed by atoms with E-state index in [2.05, 4.69) is 15.6 Å². The zero-order valence-electron chi connectivity index (χ0n) is 12.6. The molecule has 7 nitrogen and oxygen atoms in total. The monoisotopic (exact) mass is 367 g/mol. The summed E-state index contributed by atoms with van der Waals surface area (Å²) in [6, 6.07) is 6.46. The highest BCUT2D eigenvalue weighted by Crippen LogP contribution is 2.10. The maximum absolute atomic E-state index is 11.9. The third-order valence-electron chi connectivity index (χ3n) is 2.79. The third-order valence-corrected chi connectivity index (χ3v) is 3.89. The Morgan fingerprint density at radius 2 is 2.12 bits per heavy atom. The van der Waals surface area contributed by atoms with Gasteiger partial charge in [0.05, 0.1) is 9.90 Å². The average molecular weight is 368 g/mol. The van der Waals surface area contributed by atoms with Gasteiger partial charge >= 0.3 is 5.97 Å². The Balaban J connectivity index is 1.77. The second kappa shape index (κ2) is 8.42. The second-order valence-corrected chi connectivity index (χ2v) is 6.03. The van der Waals surface area contributed by atoms with Crippen LogP contribution in [0.2, 0.25) is 5.02 Å². The highest BCUT2D eigenvalue weighted by molar-refractivity contribution is 7.12. The van der Waals surface area contributed by atoms with E-state index in [0.717, 1.165) is 0 Å². The van der Waals surface area contributed by atoms with Crippen LogP contribution in [0, 0.1) is 0 Å². The fraction of sp³-hybridized carbons (Fsp3) is 0.200. The molecule has 2 heterocycles. The molecule has 1 atom stereocenters. The van der Waals surface area contributed by atoms with Crippen LogP contribution < -0.4 is 10.6 Å². The largest absolute Gasteiger partial charge is 0.451 e. The molecule has 0 aliphatic rings. The Hall–Kier alpha value is -2.45. The van der Waals surface area contributed by atoms with Crippen LogP contribution in [0.5, 0.6) is 0 Å². The van der Waals surface area contributed by atoms with Gasteiger partial charge in [0.15, 0.2) is 6.10 Å². The van der Waals surface area contributed by atoms with Crippen LogP contribution in [-0.4, -0.2) is 35.4 Å². The number of esters is 1. The lowest BCUT2D eigenvalue weighted by molar-refractivity contribution is -0.152. The summed E-state index contributed by atoms with van der Waals surface area (Å²) in [5.41, 5.74) is 0. The summed E-state index contributed by atoms with van der Waals surface area (Å²) >= 11 is 6.96. The first-order valence-electron chi connectivity index (χ1n) is 6.89. The van der Waals surface area contributed by atoms with Crippen molar-refractivity contribution >= 4 is 46.5 Å². The topological polar surface area (TPSA) is 97.4 Å². The quantitative estimate of drug-likeness (QED) is 0.762. The molecule has 0 saturated heterocycles. The zero-order valence-corrected chi connectivity index (χ0v) is 14.2. The first kappa shape index (κ1) is 17.9. The highest BCUT2D eigenvalue weighted by Gasteiger charge is 2.19. The van der Waals surface area contributed by atoms with Crippen molar-refractivity contribution in [2.45, 2.75) is 13.0 Å². The fourth-order valence-corrected chi connectivity index (χ4v) is 2.37. The molecule has 0 aliphatic heterocycles. The minimum absolute atomic E-state index is 0.290. The van der Waals surface area contributed by atoms with Crippen LogP contribution in [0.25, 0.3) is 0 Å². The van der Waals surface area contributed by atoms with Gasteiger partial charge in [0.2, 0.25) is 0 Å². The van der Waals surface area contributed by atoms with Gasteiger partial charge in [-0.1, -0.05) is 17.7 Å². The van der Waals surface area contributed by atoms with E-state index in [1.807, 2.05) is 0 Å². The van der Waals surface area contributed by atoms with Gasteiger partial charge < -0.3 is 15.4 Å². The van der Waals surface area contributed by atoms with Gasteiger partial charge in [0.25, 0.3) is 11.8 Å². The molecule has 0 fully saturated rings. The lowest BCUT2D eigenvalue weighted by Gasteiger charge is -2.13. The van der Waals surface area contributed by atoms with E-state index in [1.165, 1.54) is 30.5 Å². The molecule has 2 aromatic rings. The number of halogens is 1. The molecular weight excluding hydrogens is 354 g/mol. The number of hydrogen-bond donors (Lipinski definition) is 2. The molecule has 0 spiro atoms. The summed E-state index contributed by atoms with van der Waals surface area (Å²) in [6.07, 6.45) is 0.349. The Morgan fingerprint density at radius 1 is 1.33 bits per heavy atom. The second-order valence-electron chi connectivity index (χ2n) is 4.64. The molecule has 24 heavy (non-hydrogen) atoms. The number of thiophene rings is 1. The Kier molecular flexibility index (Phi) is 6.28. The summed E-state index contributed by atoms with van der Waals surface area (Å²) in [5.74, 6) is -1.34. The number of aromatic nitrogens is 1. The SMILES string of the molecule is CC(OC(=O)CNC(=O)c1cccs1)C(=O)Nc1ccc(Cl)cn1. The summed E-state index contributed by atoms with van der Waals surface area (Å²) < 4.78 is 4.96. The summed E-state index contributed by atoms with van der Waals surface area (Å²) in [7, 11) is 0. The van der Waals surface area contributed by atoms with Crippen LogP contribution in [0.3, 0.4) is 0 Å². The molecule has 2 rings (SSSR count). The molecule has 9 heteroatoms. The Morgan fingerprint density at radius 3 is 2.75 bits per heavy atom. The fourth-order valence-electron chi connectivity index (χ4n) is 1.62. The average Bonchev–Trinajstić information content (AvgIpc) is 3.09. The van der Waals surface area contributed by atoms with Gasteiger partial charge in [0, 0.05) is 6.20 Å². The summed E-state index contributed by atoms with van der Waals surface area (Å²) in [4.78, 5) is 39.7. The van der Waals surface area contributed by atoms with Crippen molar-refractivity contribution < 1.29 is 19.1 Å². The van der Waals surface area contributed by atoms with E-state index in [-0.39, 0.29) is 12.5 Å². The molecule has 2 aromatic heterocycles. The van der Waals surface area contributed by atoms with Crippen LogP contribution >= 0.6 is 22.9 Å². The zero-order chi connectivity index (χ0) is 17.5. The minimum Gasteiger partial charge on any atom is -0.451 e. The van der Waals surface area contributed by atoms with E-state index >= 15 is 0 Å². The van der Waals surface area contributed by atoms with Gasteiger partial charge in [-0.05, 0) is 30.5 Å². The number of nitrogens with zero attached hydrogens (tertiary/aromatic N) is 1. The van der Waals surface area contributed by atoms with Gasteiger partial charge in [-0.2, -0.15) is 0 Å². The predicted octanol–water partition coefficient (Wildman–Crippen LogP) is 2.10. The number of pyridine rings is 1. The molecule has 0 saturated carbocycles. The first-order valence-corrected chi connectivity index (χ1v) is 8.15. The van der Waals surface area contributed by atoms with Crippen molar-refractivity contribution in [2.75, 3.05) is 11.9 Å². The molecule has 2 amide bonds. The molecule has 2 N–H and O–H groups in total. The van der Waals surface area contributed by atoms with Gasteiger partial charge in [-0.25, -0.2) is 4.98 Å². The number of anilines is 1. The van der Waals surface area contributed by atoms with Crippen LogP contribution in [-0.2, 0) is 14.3 Å². The smallest absolute Gasteiger partial charge is 0.326 e. The van der Waals surface area contributed by atoms with E-state index in [0.29, 0.717) is 15.7 Å². The van der Waals surface area contributed by atoms with Gasteiger partial charge in [-0.3, -0.25) is 14.4 Å². The van der Waals surface area contributed by atoms with Crippen LogP contribution in [0.15, 0.2) is 35.8 Å². The number of ether oxygens (including phenoxy) is 1. The van der Waals surface area contributed by atoms with Crippen molar-refractivity contribution in [3.05, 3.63) is 45.7 Å². The number of hydrogen-bond acceptors (Lipinski definition) is 6. The van der Waals surface area contributed by atoms with Gasteiger partial charge in [-0.15, -0.1) is 11.3 Å². The molecular formula is C15H14ClN3O4S. The number of amides is 2. The summed E-state index contributed by atoms with van der Waals surface area (Å²) in [5, 5.41) is 7.11. The number of carbonyl (C=O) groups excluding carboxylic acids is 3.